The van der Waals surface area contributed by atoms with Gasteiger partial charge in [0.15, 0.2) is 0 Å². The molecule has 1 atom stereocenters. The summed E-state index contributed by atoms with van der Waals surface area (Å²) in [4.78, 5) is 4.10. The number of hydrogen-bond donors (Lipinski definition) is 0. The highest BCUT2D eigenvalue weighted by molar-refractivity contribution is 9.09. The summed E-state index contributed by atoms with van der Waals surface area (Å²) in [7, 11) is 1.60. The first-order chi connectivity index (χ1) is 6.20. The number of rotatable bonds is 3. The third-order valence-corrected chi connectivity index (χ3v) is 3.12. The first-order valence-corrected chi connectivity index (χ1v) is 5.45. The Morgan fingerprint density at radius 3 is 2.92 bits per heavy atom. The quantitative estimate of drug-likeness (QED) is 0.782. The lowest BCUT2D eigenvalue weighted by Crippen LogP contribution is -2.01. The second-order valence-corrected chi connectivity index (χ2v) is 3.83. The lowest BCUT2D eigenvalue weighted by molar-refractivity contribution is 0.390. The summed E-state index contributed by atoms with van der Waals surface area (Å²) in [6, 6.07) is 1.78. The second kappa shape index (κ2) is 4.82. The fourth-order valence-electron chi connectivity index (χ4n) is 1.12. The fraction of sp³-hybridized carbons (Fsp3) is 0.444. The summed E-state index contributed by atoms with van der Waals surface area (Å²) in [6.07, 6.45) is 1.64. The zero-order chi connectivity index (χ0) is 9.84. The summed E-state index contributed by atoms with van der Waals surface area (Å²) >= 11 is 9.45. The number of nitrogens with zero attached hydrogens (tertiary/aromatic N) is 1. The van der Waals surface area contributed by atoms with Crippen molar-refractivity contribution in [1.29, 1.82) is 0 Å². The predicted molar refractivity (Wildman–Crippen MR) is 58.0 cm³/mol. The first-order valence-electron chi connectivity index (χ1n) is 3.95. The van der Waals surface area contributed by atoms with Gasteiger partial charge in [0.1, 0.15) is 0 Å². The van der Waals surface area contributed by atoms with E-state index in [0.717, 1.165) is 10.9 Å². The van der Waals surface area contributed by atoms with Gasteiger partial charge < -0.3 is 4.74 Å². The molecule has 0 aliphatic heterocycles. The van der Waals surface area contributed by atoms with Gasteiger partial charge in [-0.2, -0.15) is 0 Å². The highest BCUT2D eigenvalue weighted by atomic mass is 79.9. The van der Waals surface area contributed by atoms with Crippen LogP contribution in [0, 0.1) is 0 Å². The van der Waals surface area contributed by atoms with Gasteiger partial charge in [-0.05, 0) is 12.0 Å². The summed E-state index contributed by atoms with van der Waals surface area (Å²) in [6.45, 7) is 2.07. The Hall–Kier alpha value is -0.280. The van der Waals surface area contributed by atoms with E-state index in [-0.39, 0.29) is 0 Å². The molecule has 0 radical (unpaired) electrons. The molecule has 0 fully saturated rings. The van der Waals surface area contributed by atoms with E-state index in [1.807, 2.05) is 0 Å². The molecular weight excluding hydrogens is 253 g/mol. The lowest BCUT2D eigenvalue weighted by Gasteiger charge is -2.13. The minimum absolute atomic E-state index is 0.302. The van der Waals surface area contributed by atoms with Gasteiger partial charge >= 0.3 is 0 Å². The molecule has 72 valence electrons. The SMILES string of the molecule is COc1nccc(Cl)c1C(C)CBr. The highest BCUT2D eigenvalue weighted by Crippen LogP contribution is 2.31. The highest BCUT2D eigenvalue weighted by Gasteiger charge is 2.14. The molecule has 1 heterocycles. The second-order valence-electron chi connectivity index (χ2n) is 2.77. The van der Waals surface area contributed by atoms with E-state index in [9.17, 15) is 0 Å². The Morgan fingerprint density at radius 2 is 2.38 bits per heavy atom. The molecule has 0 aromatic carbocycles. The topological polar surface area (TPSA) is 22.1 Å². The molecule has 0 aliphatic carbocycles. The van der Waals surface area contributed by atoms with Crippen molar-refractivity contribution in [3.8, 4) is 5.88 Å². The minimum atomic E-state index is 0.302. The zero-order valence-corrected chi connectivity index (χ0v) is 9.89. The molecule has 13 heavy (non-hydrogen) atoms. The van der Waals surface area contributed by atoms with Gasteiger partial charge in [0.2, 0.25) is 5.88 Å². The van der Waals surface area contributed by atoms with Gasteiger partial charge in [0, 0.05) is 17.1 Å². The molecule has 1 rings (SSSR count). The minimum Gasteiger partial charge on any atom is -0.481 e. The molecular formula is C9H11BrClNO. The number of pyridine rings is 1. The van der Waals surface area contributed by atoms with Crippen LogP contribution in [0.25, 0.3) is 0 Å². The van der Waals surface area contributed by atoms with Crippen LogP contribution in [-0.4, -0.2) is 17.4 Å². The van der Waals surface area contributed by atoms with Gasteiger partial charge in [-0.25, -0.2) is 4.98 Å². The van der Waals surface area contributed by atoms with Crippen LogP contribution in [0.4, 0.5) is 0 Å². The van der Waals surface area contributed by atoms with Crippen molar-refractivity contribution >= 4 is 27.5 Å². The molecule has 4 heteroatoms. The van der Waals surface area contributed by atoms with Crippen molar-refractivity contribution in [2.75, 3.05) is 12.4 Å². The normalized spacial score (nSPS) is 12.6. The first kappa shape index (κ1) is 10.8. The smallest absolute Gasteiger partial charge is 0.218 e. The van der Waals surface area contributed by atoms with E-state index >= 15 is 0 Å². The Labute approximate surface area is 91.4 Å². The van der Waals surface area contributed by atoms with Crippen molar-refractivity contribution in [3.05, 3.63) is 22.8 Å². The van der Waals surface area contributed by atoms with Crippen molar-refractivity contribution in [2.45, 2.75) is 12.8 Å². The molecule has 0 saturated carbocycles. The van der Waals surface area contributed by atoms with Crippen molar-refractivity contribution in [3.63, 3.8) is 0 Å². The number of aromatic nitrogens is 1. The summed E-state index contributed by atoms with van der Waals surface area (Å²) in [5, 5.41) is 1.55. The van der Waals surface area contributed by atoms with Crippen LogP contribution in [0.2, 0.25) is 5.02 Å². The molecule has 1 unspecified atom stereocenters. The van der Waals surface area contributed by atoms with Crippen LogP contribution in [0.15, 0.2) is 12.3 Å². The summed E-state index contributed by atoms with van der Waals surface area (Å²) in [5.74, 6) is 0.913. The van der Waals surface area contributed by atoms with Crippen molar-refractivity contribution < 1.29 is 4.74 Å². The maximum absolute atomic E-state index is 6.04. The van der Waals surface area contributed by atoms with Crippen LogP contribution in [-0.2, 0) is 0 Å². The van der Waals surface area contributed by atoms with E-state index in [1.54, 1.807) is 19.4 Å². The molecule has 2 nitrogen and oxygen atoms in total. The van der Waals surface area contributed by atoms with Gasteiger partial charge in [-0.1, -0.05) is 34.5 Å². The standard InChI is InChI=1S/C9H11BrClNO/c1-6(5-10)8-7(11)3-4-12-9(8)13-2/h3-4,6H,5H2,1-2H3. The number of halogens is 2. The van der Waals surface area contributed by atoms with Crippen molar-refractivity contribution in [2.24, 2.45) is 0 Å². The predicted octanol–water partition coefficient (Wildman–Crippen LogP) is 3.24. The van der Waals surface area contributed by atoms with Crippen molar-refractivity contribution in [1.82, 2.24) is 4.98 Å². The Kier molecular flexibility index (Phi) is 4.00. The summed E-state index contributed by atoms with van der Waals surface area (Å²) in [5.41, 5.74) is 0.962. The van der Waals surface area contributed by atoms with Crippen LogP contribution in [0.5, 0.6) is 5.88 Å². The third-order valence-electron chi connectivity index (χ3n) is 1.82. The third kappa shape index (κ3) is 2.35. The van der Waals surface area contributed by atoms with Gasteiger partial charge in [-0.15, -0.1) is 0 Å². The van der Waals surface area contributed by atoms with Gasteiger partial charge in [-0.3, -0.25) is 0 Å². The van der Waals surface area contributed by atoms with Gasteiger partial charge in [0.05, 0.1) is 12.1 Å². The molecule has 0 spiro atoms. The lowest BCUT2D eigenvalue weighted by atomic mass is 10.1. The van der Waals surface area contributed by atoms with E-state index in [2.05, 4.69) is 27.8 Å². The number of alkyl halides is 1. The largest absolute Gasteiger partial charge is 0.481 e. The average molecular weight is 265 g/mol. The molecule has 1 aromatic heterocycles. The van der Waals surface area contributed by atoms with Crippen LogP contribution >= 0.6 is 27.5 Å². The van der Waals surface area contributed by atoms with Crippen LogP contribution in [0.3, 0.4) is 0 Å². The van der Waals surface area contributed by atoms with Gasteiger partial charge in [0.25, 0.3) is 0 Å². The molecule has 0 amide bonds. The molecule has 0 bridgehead atoms. The van der Waals surface area contributed by atoms with Crippen LogP contribution < -0.4 is 4.74 Å². The Balaban J connectivity index is 3.14. The molecule has 1 aromatic rings. The fourth-order valence-corrected chi connectivity index (χ4v) is 1.77. The number of ether oxygens (including phenoxy) is 1. The number of hydrogen-bond acceptors (Lipinski definition) is 2. The molecule has 0 N–H and O–H groups in total. The average Bonchev–Trinajstić information content (AvgIpc) is 2.16. The Bertz CT molecular complexity index is 293. The Morgan fingerprint density at radius 1 is 1.69 bits per heavy atom. The maximum atomic E-state index is 6.04. The van der Waals surface area contributed by atoms with Crippen LogP contribution in [0.1, 0.15) is 18.4 Å². The zero-order valence-electron chi connectivity index (χ0n) is 7.55. The monoisotopic (exact) mass is 263 g/mol. The maximum Gasteiger partial charge on any atom is 0.218 e. The summed E-state index contributed by atoms with van der Waals surface area (Å²) < 4.78 is 5.13. The van der Waals surface area contributed by atoms with E-state index in [1.165, 1.54) is 0 Å². The van der Waals surface area contributed by atoms with E-state index < -0.39 is 0 Å². The van der Waals surface area contributed by atoms with E-state index in [4.69, 9.17) is 16.3 Å². The number of methoxy groups -OCH3 is 1. The molecule has 0 aliphatic rings. The van der Waals surface area contributed by atoms with E-state index in [0.29, 0.717) is 16.8 Å². The molecule has 0 saturated heterocycles.